The molecule has 13 heavy (non-hydrogen) atoms. The molecule has 4 nitrogen and oxygen atoms in total. The van der Waals surface area contributed by atoms with Crippen LogP contribution in [0.3, 0.4) is 0 Å². The minimum atomic E-state index is -0.756. The van der Waals surface area contributed by atoms with Crippen molar-refractivity contribution in [2.45, 2.75) is 25.4 Å². The molecule has 0 aromatic carbocycles. The average molecular weight is 185 g/mol. The van der Waals surface area contributed by atoms with E-state index in [9.17, 15) is 4.79 Å². The first-order valence-corrected chi connectivity index (χ1v) is 4.74. The van der Waals surface area contributed by atoms with Crippen molar-refractivity contribution >= 4 is 5.97 Å². The van der Waals surface area contributed by atoms with Gasteiger partial charge in [0.25, 0.3) is 0 Å². The van der Waals surface area contributed by atoms with E-state index in [-0.39, 0.29) is 17.9 Å². The molecule has 2 aliphatic heterocycles. The van der Waals surface area contributed by atoms with Gasteiger partial charge in [-0.25, -0.2) is 0 Å². The number of hydrogen-bond acceptors (Lipinski definition) is 3. The number of carboxylic acid groups (broad SMARTS) is 1. The number of hydrogen-bond donors (Lipinski definition) is 2. The smallest absolute Gasteiger partial charge is 0.305 e. The van der Waals surface area contributed by atoms with Crippen LogP contribution in [-0.4, -0.2) is 36.9 Å². The van der Waals surface area contributed by atoms with E-state index in [1.54, 1.807) is 0 Å². The largest absolute Gasteiger partial charge is 0.481 e. The van der Waals surface area contributed by atoms with Crippen molar-refractivity contribution in [3.63, 3.8) is 0 Å². The molecule has 0 aromatic rings. The first-order valence-electron chi connectivity index (χ1n) is 4.74. The molecule has 74 valence electrons. The van der Waals surface area contributed by atoms with Crippen LogP contribution in [0, 0.1) is 5.41 Å². The molecular formula is C9H15NO3. The fourth-order valence-corrected chi connectivity index (χ4v) is 2.31. The van der Waals surface area contributed by atoms with Gasteiger partial charge in [-0.2, -0.15) is 0 Å². The molecule has 2 unspecified atom stereocenters. The third kappa shape index (κ3) is 1.84. The van der Waals surface area contributed by atoms with E-state index < -0.39 is 5.97 Å². The summed E-state index contributed by atoms with van der Waals surface area (Å²) in [5.41, 5.74) is 0.250. The summed E-state index contributed by atoms with van der Waals surface area (Å²) < 4.78 is 5.48. The lowest BCUT2D eigenvalue weighted by Gasteiger charge is -2.18. The molecule has 2 atom stereocenters. The molecule has 2 rings (SSSR count). The van der Waals surface area contributed by atoms with Crippen LogP contribution in [0.15, 0.2) is 0 Å². The summed E-state index contributed by atoms with van der Waals surface area (Å²) in [5.74, 6) is -0.756. The van der Waals surface area contributed by atoms with Gasteiger partial charge in [-0.1, -0.05) is 0 Å². The van der Waals surface area contributed by atoms with Gasteiger partial charge >= 0.3 is 5.97 Å². The van der Waals surface area contributed by atoms with E-state index in [4.69, 9.17) is 9.84 Å². The fraction of sp³-hybridized carbons (Fsp3) is 0.889. The van der Waals surface area contributed by atoms with Crippen molar-refractivity contribution in [2.75, 3.05) is 19.7 Å². The van der Waals surface area contributed by atoms with E-state index in [1.807, 2.05) is 0 Å². The Balaban J connectivity index is 1.89. The molecule has 0 radical (unpaired) electrons. The SMILES string of the molecule is O=C(O)CC1CC2(CCNC2)CO1. The van der Waals surface area contributed by atoms with Gasteiger partial charge in [-0.05, 0) is 19.4 Å². The molecule has 2 N–H and O–H groups in total. The minimum Gasteiger partial charge on any atom is -0.481 e. The van der Waals surface area contributed by atoms with E-state index in [0.29, 0.717) is 0 Å². The number of nitrogens with one attached hydrogen (secondary N) is 1. The third-order valence-corrected chi connectivity index (χ3v) is 3.02. The van der Waals surface area contributed by atoms with Crippen LogP contribution < -0.4 is 5.32 Å². The lowest BCUT2D eigenvalue weighted by molar-refractivity contribution is -0.139. The summed E-state index contributed by atoms with van der Waals surface area (Å²) in [6.07, 6.45) is 2.13. The Morgan fingerprint density at radius 2 is 2.54 bits per heavy atom. The molecule has 2 saturated heterocycles. The first kappa shape index (κ1) is 8.97. The summed E-state index contributed by atoms with van der Waals surface area (Å²) in [7, 11) is 0. The average Bonchev–Trinajstić information content (AvgIpc) is 2.63. The summed E-state index contributed by atoms with van der Waals surface area (Å²) in [6.45, 7) is 2.77. The predicted octanol–water partition coefficient (Wildman–Crippen LogP) is 0.230. The maximum Gasteiger partial charge on any atom is 0.305 e. The van der Waals surface area contributed by atoms with E-state index in [0.717, 1.165) is 32.5 Å². The second-order valence-electron chi connectivity index (χ2n) is 4.16. The zero-order chi connectivity index (χ0) is 9.31. The fourth-order valence-electron chi connectivity index (χ4n) is 2.31. The van der Waals surface area contributed by atoms with Crippen LogP contribution in [0.5, 0.6) is 0 Å². The van der Waals surface area contributed by atoms with Gasteiger partial charge in [0.2, 0.25) is 0 Å². The van der Waals surface area contributed by atoms with Crippen molar-refractivity contribution < 1.29 is 14.6 Å². The summed E-state index contributed by atoms with van der Waals surface area (Å²) in [4.78, 5) is 10.5. The standard InChI is InChI=1S/C9H15NO3/c11-8(12)3-7-4-9(6-13-7)1-2-10-5-9/h7,10H,1-6H2,(H,11,12). The topological polar surface area (TPSA) is 58.6 Å². The maximum absolute atomic E-state index is 10.5. The molecule has 1 spiro atoms. The Hall–Kier alpha value is -0.610. The molecule has 2 heterocycles. The Morgan fingerprint density at radius 1 is 1.69 bits per heavy atom. The van der Waals surface area contributed by atoms with Crippen molar-refractivity contribution in [1.82, 2.24) is 5.32 Å². The van der Waals surface area contributed by atoms with Crippen molar-refractivity contribution in [3.8, 4) is 0 Å². The van der Waals surface area contributed by atoms with Crippen LogP contribution in [0.2, 0.25) is 0 Å². The Labute approximate surface area is 77.3 Å². The third-order valence-electron chi connectivity index (χ3n) is 3.02. The molecule has 0 amide bonds. The van der Waals surface area contributed by atoms with Gasteiger partial charge in [0, 0.05) is 12.0 Å². The molecular weight excluding hydrogens is 170 g/mol. The van der Waals surface area contributed by atoms with Gasteiger partial charge in [0.1, 0.15) is 0 Å². The first-order chi connectivity index (χ1) is 6.20. The lowest BCUT2D eigenvalue weighted by Crippen LogP contribution is -2.24. The van der Waals surface area contributed by atoms with E-state index in [2.05, 4.69) is 5.32 Å². The number of carbonyl (C=O) groups is 1. The molecule has 0 saturated carbocycles. The Morgan fingerprint density at radius 3 is 3.15 bits per heavy atom. The summed E-state index contributed by atoms with van der Waals surface area (Å²) in [5, 5.41) is 11.9. The lowest BCUT2D eigenvalue weighted by atomic mass is 9.84. The van der Waals surface area contributed by atoms with Gasteiger partial charge in [0.15, 0.2) is 0 Å². The highest BCUT2D eigenvalue weighted by molar-refractivity contribution is 5.67. The molecule has 0 aromatic heterocycles. The highest BCUT2D eigenvalue weighted by Crippen LogP contribution is 2.38. The van der Waals surface area contributed by atoms with Crippen LogP contribution in [0.1, 0.15) is 19.3 Å². The van der Waals surface area contributed by atoms with Gasteiger partial charge in [-0.3, -0.25) is 4.79 Å². The normalized spacial score (nSPS) is 38.6. The van der Waals surface area contributed by atoms with Gasteiger partial charge in [-0.15, -0.1) is 0 Å². The quantitative estimate of drug-likeness (QED) is 0.646. The molecule has 2 aliphatic rings. The number of rotatable bonds is 2. The van der Waals surface area contributed by atoms with Crippen LogP contribution in [-0.2, 0) is 9.53 Å². The minimum absolute atomic E-state index is 0.0580. The molecule has 2 fully saturated rings. The van der Waals surface area contributed by atoms with E-state index in [1.165, 1.54) is 0 Å². The monoisotopic (exact) mass is 185 g/mol. The molecule has 0 aliphatic carbocycles. The van der Waals surface area contributed by atoms with Crippen molar-refractivity contribution in [1.29, 1.82) is 0 Å². The number of carboxylic acids is 1. The summed E-state index contributed by atoms with van der Waals surface area (Å²) >= 11 is 0. The van der Waals surface area contributed by atoms with Gasteiger partial charge in [0.05, 0.1) is 19.1 Å². The zero-order valence-corrected chi connectivity index (χ0v) is 7.58. The number of ether oxygens (including phenoxy) is 1. The van der Waals surface area contributed by atoms with E-state index >= 15 is 0 Å². The predicted molar refractivity (Wildman–Crippen MR) is 46.5 cm³/mol. The van der Waals surface area contributed by atoms with Crippen molar-refractivity contribution in [2.24, 2.45) is 5.41 Å². The maximum atomic E-state index is 10.5. The van der Waals surface area contributed by atoms with Crippen LogP contribution >= 0.6 is 0 Å². The summed E-state index contributed by atoms with van der Waals surface area (Å²) in [6, 6.07) is 0. The van der Waals surface area contributed by atoms with Gasteiger partial charge < -0.3 is 15.2 Å². The Kier molecular flexibility index (Phi) is 2.26. The zero-order valence-electron chi connectivity index (χ0n) is 7.58. The number of aliphatic carboxylic acids is 1. The molecule has 0 bridgehead atoms. The highest BCUT2D eigenvalue weighted by Gasteiger charge is 2.42. The second kappa shape index (κ2) is 3.27. The Bertz CT molecular complexity index is 211. The van der Waals surface area contributed by atoms with Crippen LogP contribution in [0.4, 0.5) is 0 Å². The van der Waals surface area contributed by atoms with Crippen LogP contribution in [0.25, 0.3) is 0 Å². The second-order valence-corrected chi connectivity index (χ2v) is 4.16. The molecule has 4 heteroatoms. The highest BCUT2D eigenvalue weighted by atomic mass is 16.5. The van der Waals surface area contributed by atoms with Crippen molar-refractivity contribution in [3.05, 3.63) is 0 Å².